The van der Waals surface area contributed by atoms with Gasteiger partial charge in [0.05, 0.1) is 12.1 Å². The Bertz CT molecular complexity index is 339. The maximum absolute atomic E-state index is 9.57. The molecule has 1 atom stereocenters. The molecule has 18 heavy (non-hydrogen) atoms. The van der Waals surface area contributed by atoms with Gasteiger partial charge in [-0.2, -0.15) is 0 Å². The molecule has 0 saturated carbocycles. The summed E-state index contributed by atoms with van der Waals surface area (Å²) in [6.07, 6.45) is 5.86. The highest BCUT2D eigenvalue weighted by Gasteiger charge is 2.22. The number of halogens is 1. The van der Waals surface area contributed by atoms with Crippen LogP contribution in [-0.2, 0) is 0 Å². The van der Waals surface area contributed by atoms with Crippen LogP contribution in [0.5, 0.6) is 0 Å². The van der Waals surface area contributed by atoms with Gasteiger partial charge in [-0.15, -0.1) is 0 Å². The lowest BCUT2D eigenvalue weighted by Gasteiger charge is -2.30. The molecule has 0 heterocycles. The molecule has 0 aliphatic rings. The predicted octanol–water partition coefficient (Wildman–Crippen LogP) is 4.47. The first-order chi connectivity index (χ1) is 8.59. The van der Waals surface area contributed by atoms with Gasteiger partial charge in [0.25, 0.3) is 0 Å². The molecule has 0 bridgehead atoms. The Morgan fingerprint density at radius 3 is 2.39 bits per heavy atom. The average Bonchev–Trinajstić information content (AvgIpc) is 2.38. The molecule has 1 unspecified atom stereocenters. The van der Waals surface area contributed by atoms with Gasteiger partial charge in [-0.1, -0.05) is 44.2 Å². The first kappa shape index (κ1) is 15.3. The summed E-state index contributed by atoms with van der Waals surface area (Å²) >= 11 is 5.86. The van der Waals surface area contributed by atoms with Crippen molar-refractivity contribution in [1.29, 1.82) is 0 Å². The van der Waals surface area contributed by atoms with Crippen LogP contribution >= 0.6 is 11.6 Å². The number of nitrogens with one attached hydrogen (secondary N) is 1. The summed E-state index contributed by atoms with van der Waals surface area (Å²) in [5.41, 5.74) is 0.758. The van der Waals surface area contributed by atoms with E-state index in [-0.39, 0.29) is 12.1 Å². The van der Waals surface area contributed by atoms with Crippen LogP contribution in [0.2, 0.25) is 5.02 Å². The van der Waals surface area contributed by atoms with Crippen LogP contribution in [0.25, 0.3) is 0 Å². The van der Waals surface area contributed by atoms with Crippen molar-refractivity contribution in [2.75, 3.05) is 11.9 Å². The van der Waals surface area contributed by atoms with Gasteiger partial charge < -0.3 is 10.4 Å². The molecule has 102 valence electrons. The molecule has 0 fully saturated rings. The molecule has 0 aliphatic heterocycles. The standard InChI is InChI=1S/C15H24ClNO/c1-3-4-5-6-11-15(2,12-18)17-14-9-7-13(16)8-10-14/h7-10,17-18H,3-6,11-12H2,1-2H3. The number of hydrogen-bond donors (Lipinski definition) is 2. The molecule has 2 N–H and O–H groups in total. The second kappa shape index (κ2) is 7.65. The molecule has 1 aromatic carbocycles. The quantitative estimate of drug-likeness (QED) is 0.683. The summed E-state index contributed by atoms with van der Waals surface area (Å²) in [5, 5.41) is 13.7. The summed E-state index contributed by atoms with van der Waals surface area (Å²) in [6.45, 7) is 4.41. The van der Waals surface area contributed by atoms with E-state index < -0.39 is 0 Å². The first-order valence-electron chi connectivity index (χ1n) is 6.74. The van der Waals surface area contributed by atoms with Crippen molar-refractivity contribution >= 4 is 17.3 Å². The van der Waals surface area contributed by atoms with Crippen molar-refractivity contribution in [3.8, 4) is 0 Å². The highest BCUT2D eigenvalue weighted by Crippen LogP contribution is 2.22. The molecular formula is C15H24ClNO. The molecule has 0 aromatic heterocycles. The van der Waals surface area contributed by atoms with Gasteiger partial charge in [-0.25, -0.2) is 0 Å². The maximum Gasteiger partial charge on any atom is 0.0658 e. The number of aliphatic hydroxyl groups is 1. The van der Waals surface area contributed by atoms with Gasteiger partial charge in [-0.05, 0) is 37.6 Å². The summed E-state index contributed by atoms with van der Waals surface area (Å²) in [6, 6.07) is 7.61. The Hall–Kier alpha value is -0.730. The number of hydrogen-bond acceptors (Lipinski definition) is 2. The highest BCUT2D eigenvalue weighted by atomic mass is 35.5. The molecule has 3 heteroatoms. The predicted molar refractivity (Wildman–Crippen MR) is 79.3 cm³/mol. The minimum atomic E-state index is -0.248. The number of benzene rings is 1. The van der Waals surface area contributed by atoms with E-state index in [0.717, 1.165) is 23.6 Å². The molecule has 0 aliphatic carbocycles. The van der Waals surface area contributed by atoms with Gasteiger partial charge in [0, 0.05) is 10.7 Å². The third kappa shape index (κ3) is 5.28. The van der Waals surface area contributed by atoms with Gasteiger partial charge >= 0.3 is 0 Å². The smallest absolute Gasteiger partial charge is 0.0658 e. The van der Waals surface area contributed by atoms with Crippen molar-refractivity contribution in [3.05, 3.63) is 29.3 Å². The Kier molecular flexibility index (Phi) is 6.51. The maximum atomic E-state index is 9.57. The lowest BCUT2D eigenvalue weighted by molar-refractivity contribution is 0.211. The topological polar surface area (TPSA) is 32.3 Å². The largest absolute Gasteiger partial charge is 0.394 e. The number of aliphatic hydroxyl groups excluding tert-OH is 1. The fourth-order valence-electron chi connectivity index (χ4n) is 2.00. The SMILES string of the molecule is CCCCCCC(C)(CO)Nc1ccc(Cl)cc1. The van der Waals surface area contributed by atoms with E-state index in [1.807, 2.05) is 24.3 Å². The fourth-order valence-corrected chi connectivity index (χ4v) is 2.13. The van der Waals surface area contributed by atoms with Gasteiger partial charge in [-0.3, -0.25) is 0 Å². The molecule has 0 amide bonds. The summed E-state index contributed by atoms with van der Waals surface area (Å²) < 4.78 is 0. The van der Waals surface area contributed by atoms with Crippen LogP contribution in [0.4, 0.5) is 5.69 Å². The first-order valence-corrected chi connectivity index (χ1v) is 7.12. The third-order valence-corrected chi connectivity index (χ3v) is 3.47. The highest BCUT2D eigenvalue weighted by molar-refractivity contribution is 6.30. The van der Waals surface area contributed by atoms with Crippen molar-refractivity contribution < 1.29 is 5.11 Å². The average molecular weight is 270 g/mol. The van der Waals surface area contributed by atoms with Crippen molar-refractivity contribution in [1.82, 2.24) is 0 Å². The molecule has 1 rings (SSSR count). The van der Waals surface area contributed by atoms with E-state index in [1.165, 1.54) is 19.3 Å². The molecule has 0 spiro atoms. The molecule has 0 radical (unpaired) electrons. The lowest BCUT2D eigenvalue weighted by Crippen LogP contribution is -2.38. The van der Waals surface area contributed by atoms with Crippen molar-refractivity contribution in [3.63, 3.8) is 0 Å². The van der Waals surface area contributed by atoms with E-state index in [9.17, 15) is 5.11 Å². The van der Waals surface area contributed by atoms with Crippen molar-refractivity contribution in [2.45, 2.75) is 51.5 Å². The van der Waals surface area contributed by atoms with Crippen LogP contribution in [-0.4, -0.2) is 17.3 Å². The summed E-state index contributed by atoms with van der Waals surface area (Å²) in [5.74, 6) is 0. The second-order valence-electron chi connectivity index (χ2n) is 5.16. The van der Waals surface area contributed by atoms with E-state index in [0.29, 0.717) is 0 Å². The normalized spacial score (nSPS) is 14.2. The number of anilines is 1. The second-order valence-corrected chi connectivity index (χ2v) is 5.60. The Labute approximate surface area is 115 Å². The van der Waals surface area contributed by atoms with Crippen LogP contribution in [0.15, 0.2) is 24.3 Å². The third-order valence-electron chi connectivity index (χ3n) is 3.22. The summed E-state index contributed by atoms with van der Waals surface area (Å²) in [4.78, 5) is 0. The monoisotopic (exact) mass is 269 g/mol. The number of rotatable bonds is 8. The Balaban J connectivity index is 2.50. The number of unbranched alkanes of at least 4 members (excludes halogenated alkanes) is 3. The molecule has 0 saturated heterocycles. The van der Waals surface area contributed by atoms with Crippen LogP contribution in [0.1, 0.15) is 46.0 Å². The molecule has 2 nitrogen and oxygen atoms in total. The van der Waals surface area contributed by atoms with Gasteiger partial charge in [0.15, 0.2) is 0 Å². The molecule has 1 aromatic rings. The zero-order valence-electron chi connectivity index (χ0n) is 11.4. The summed E-state index contributed by atoms with van der Waals surface area (Å²) in [7, 11) is 0. The lowest BCUT2D eigenvalue weighted by atomic mass is 9.94. The zero-order valence-corrected chi connectivity index (χ0v) is 12.1. The Morgan fingerprint density at radius 1 is 1.17 bits per heavy atom. The fraction of sp³-hybridized carbons (Fsp3) is 0.600. The van der Waals surface area contributed by atoms with Crippen LogP contribution < -0.4 is 5.32 Å². The molecular weight excluding hydrogens is 246 g/mol. The van der Waals surface area contributed by atoms with Crippen LogP contribution in [0, 0.1) is 0 Å². The van der Waals surface area contributed by atoms with E-state index in [1.54, 1.807) is 0 Å². The van der Waals surface area contributed by atoms with Gasteiger partial charge in [0.2, 0.25) is 0 Å². The minimum Gasteiger partial charge on any atom is -0.394 e. The zero-order chi connectivity index (χ0) is 13.4. The van der Waals surface area contributed by atoms with E-state index in [4.69, 9.17) is 11.6 Å². The van der Waals surface area contributed by atoms with Crippen LogP contribution in [0.3, 0.4) is 0 Å². The van der Waals surface area contributed by atoms with E-state index >= 15 is 0 Å². The van der Waals surface area contributed by atoms with Gasteiger partial charge in [0.1, 0.15) is 0 Å². The minimum absolute atomic E-state index is 0.141. The Morgan fingerprint density at radius 2 is 1.83 bits per heavy atom. The van der Waals surface area contributed by atoms with E-state index in [2.05, 4.69) is 19.2 Å². The van der Waals surface area contributed by atoms with Crippen molar-refractivity contribution in [2.24, 2.45) is 0 Å².